The van der Waals surface area contributed by atoms with Crippen molar-refractivity contribution >= 4 is 11.0 Å². The monoisotopic (exact) mass is 1020 g/mol. The second-order valence-corrected chi connectivity index (χ2v) is 18.7. The van der Waals surface area contributed by atoms with Crippen molar-refractivity contribution in [2.45, 2.75) is 105 Å². The second-order valence-electron chi connectivity index (χ2n) is 18.7. The fraction of sp³-hybridized carbons (Fsp3) is 0.276. The maximum atomic E-state index is 12.1. The van der Waals surface area contributed by atoms with Crippen molar-refractivity contribution in [2.75, 3.05) is 0 Å². The summed E-state index contributed by atoms with van der Waals surface area (Å²) in [5.41, 5.74) is 6.91. The number of pyridine rings is 1. The fourth-order valence-corrected chi connectivity index (χ4v) is 7.98. The van der Waals surface area contributed by atoms with Crippen LogP contribution in [0.2, 0.25) is 0 Å². The third-order valence-corrected chi connectivity index (χ3v) is 11.7. The molecular weight excluding hydrogens is 950 g/mol. The van der Waals surface area contributed by atoms with E-state index in [1.165, 1.54) is 12.1 Å². The van der Waals surface area contributed by atoms with Gasteiger partial charge in [0.2, 0.25) is 0 Å². The zero-order valence-electron chi connectivity index (χ0n) is 47.3. The molecule has 4 nitrogen and oxygen atoms in total. The molecule has 2 aromatic heterocycles. The van der Waals surface area contributed by atoms with Crippen LogP contribution in [-0.2, 0) is 37.3 Å². The quantitative estimate of drug-likeness (QED) is 0.162. The van der Waals surface area contributed by atoms with Crippen molar-refractivity contribution < 1.29 is 39.9 Å². The van der Waals surface area contributed by atoms with Gasteiger partial charge in [-0.25, -0.2) is 4.98 Å². The Morgan fingerprint density at radius 2 is 1.30 bits per heavy atom. The number of nitrogens with zero attached hydrogens (tertiary/aromatic N) is 3. The number of aromatic nitrogens is 3. The molecular formula is C58H60N3OPt-. The van der Waals surface area contributed by atoms with Gasteiger partial charge in [-0.1, -0.05) is 172 Å². The topological polar surface area (TPSA) is 50.9 Å². The van der Waals surface area contributed by atoms with Crippen molar-refractivity contribution in [3.8, 4) is 67.5 Å². The molecule has 0 fully saturated rings. The minimum Gasteiger partial charge on any atom is -0.507 e. The predicted molar refractivity (Wildman–Crippen MR) is 261 cm³/mol. The minimum atomic E-state index is -3.49. The molecule has 5 heteroatoms. The van der Waals surface area contributed by atoms with Crippen LogP contribution < -0.4 is 0 Å². The van der Waals surface area contributed by atoms with Gasteiger partial charge in [0.05, 0.1) is 22.3 Å². The molecule has 0 aliphatic heterocycles. The summed E-state index contributed by atoms with van der Waals surface area (Å²) in [6.45, 7) is 7.77. The summed E-state index contributed by atoms with van der Waals surface area (Å²) in [6, 6.07) is 42.8. The zero-order valence-corrected chi connectivity index (χ0v) is 39.6. The van der Waals surface area contributed by atoms with Gasteiger partial charge in [0.25, 0.3) is 0 Å². The van der Waals surface area contributed by atoms with Gasteiger partial charge in [-0.2, -0.15) is 0 Å². The van der Waals surface area contributed by atoms with Gasteiger partial charge in [-0.15, -0.1) is 29.3 Å². The molecule has 0 spiro atoms. The average Bonchev–Trinajstić information content (AvgIpc) is 3.67. The molecule has 324 valence electrons. The maximum Gasteiger partial charge on any atom is 0.148 e. The third kappa shape index (κ3) is 9.11. The first-order valence-corrected chi connectivity index (χ1v) is 21.0. The van der Waals surface area contributed by atoms with E-state index in [1.54, 1.807) is 36.5 Å². The summed E-state index contributed by atoms with van der Waals surface area (Å²) < 4.78 is 87.6. The van der Waals surface area contributed by atoms with Crippen molar-refractivity contribution in [2.24, 2.45) is 0 Å². The summed E-state index contributed by atoms with van der Waals surface area (Å²) in [4.78, 5) is 10.3. The van der Waals surface area contributed by atoms with Crippen molar-refractivity contribution in [3.05, 3.63) is 167 Å². The van der Waals surface area contributed by atoms with Gasteiger partial charge < -0.3 is 5.11 Å². The Morgan fingerprint density at radius 3 is 1.97 bits per heavy atom. The smallest absolute Gasteiger partial charge is 0.148 e. The van der Waals surface area contributed by atoms with Crippen LogP contribution in [0.25, 0.3) is 72.7 Å². The molecule has 0 radical (unpaired) electrons. The van der Waals surface area contributed by atoms with Crippen molar-refractivity contribution in [1.82, 2.24) is 14.5 Å². The Bertz CT molecular complexity index is 3300. The van der Waals surface area contributed by atoms with Gasteiger partial charge in [-0.3, -0.25) is 9.55 Å². The third-order valence-electron chi connectivity index (χ3n) is 11.7. The normalized spacial score (nSPS) is 15.3. The van der Waals surface area contributed by atoms with E-state index in [4.69, 9.17) is 23.7 Å². The van der Waals surface area contributed by atoms with Gasteiger partial charge in [0.15, 0.2) is 0 Å². The van der Waals surface area contributed by atoms with Crippen LogP contribution in [0.5, 0.6) is 5.75 Å². The van der Waals surface area contributed by atoms with Gasteiger partial charge in [0.1, 0.15) is 11.6 Å². The number of fused-ring (bicyclic) bond motifs is 1. The first-order valence-electron chi connectivity index (χ1n) is 26.0. The van der Waals surface area contributed by atoms with E-state index in [0.29, 0.717) is 50.5 Å². The molecule has 0 atom stereocenters. The predicted octanol–water partition coefficient (Wildman–Crippen LogP) is 15.6. The minimum absolute atomic E-state index is 0. The van der Waals surface area contributed by atoms with Crippen LogP contribution in [0.15, 0.2) is 134 Å². The van der Waals surface area contributed by atoms with E-state index >= 15 is 0 Å². The molecule has 0 aliphatic rings. The van der Waals surface area contributed by atoms with Gasteiger partial charge >= 0.3 is 0 Å². The Balaban J connectivity index is 0.00000780. The number of benzene rings is 6. The second kappa shape index (κ2) is 17.2. The van der Waals surface area contributed by atoms with Crippen LogP contribution in [0, 0.1) is 13.0 Å². The Hall–Kier alpha value is -5.57. The first kappa shape index (κ1) is 33.9. The number of aromatic hydroxyl groups is 1. The van der Waals surface area contributed by atoms with E-state index in [9.17, 15) is 5.11 Å². The molecule has 0 saturated heterocycles. The van der Waals surface area contributed by atoms with Gasteiger partial charge in [0, 0.05) is 52.2 Å². The molecule has 63 heavy (non-hydrogen) atoms. The molecule has 8 rings (SSSR count). The Morgan fingerprint density at radius 1 is 0.635 bits per heavy atom. The number of imidazole rings is 1. The van der Waals surface area contributed by atoms with Crippen LogP contribution in [0.4, 0.5) is 0 Å². The summed E-state index contributed by atoms with van der Waals surface area (Å²) in [5.74, 6) is -0.399. The Kier molecular flexibility index (Phi) is 9.25. The van der Waals surface area contributed by atoms with E-state index in [1.807, 2.05) is 98.1 Å². The molecule has 2 heterocycles. The SMILES string of the molecule is [2H]C(C)(C)c1ccc(-c2ccnc(-c3[c-]c(-c4cccc5c4nc(-c4cc(C(C)(C)C)cc(C)c4O)n5-c4ccc(C(C([2H])([2H])[2H])(C([2H])([2H])[2H])C([2H])([2H])[2H])cc4-c4ccccc4)cc(C(C)(C)C)c3)c2)cc1.[Pt]. The van der Waals surface area contributed by atoms with E-state index in [0.717, 1.165) is 44.5 Å². The van der Waals surface area contributed by atoms with E-state index < -0.39 is 37.4 Å². The summed E-state index contributed by atoms with van der Waals surface area (Å²) in [7, 11) is 0. The zero-order chi connectivity index (χ0) is 52.7. The number of rotatable bonds is 7. The standard InChI is InChI=1S/C58H60N3O.Pt/c1-36(2)38-21-23-39(24-22-38)41-27-28-59-50(33-41)43-30-42(31-46(32-43)58(10,11)12)47-19-16-20-52-53(47)60-55(49-35-45(57(7,8)9)29-37(3)54(49)62)61(52)51-26-25-44(56(4,5)6)34-48(51)40-17-14-13-15-18-40;/h13-29,31-36,62H,1-12H3;/q-1;/i4D3,5D3,6D3,36D;. The number of hydrogen-bond acceptors (Lipinski definition) is 3. The summed E-state index contributed by atoms with van der Waals surface area (Å²) in [6.07, 6.45) is 1.78. The number of phenols is 1. The summed E-state index contributed by atoms with van der Waals surface area (Å²) >= 11 is 0. The van der Waals surface area contributed by atoms with E-state index in [-0.39, 0.29) is 37.6 Å². The van der Waals surface area contributed by atoms with Gasteiger partial charge in [-0.05, 0) is 98.3 Å². The van der Waals surface area contributed by atoms with Crippen LogP contribution in [0.3, 0.4) is 0 Å². The van der Waals surface area contributed by atoms with E-state index in [2.05, 4.69) is 59.7 Å². The summed E-state index contributed by atoms with van der Waals surface area (Å²) in [5, 5.41) is 12.1. The molecule has 0 amide bonds. The molecule has 8 aromatic rings. The molecule has 1 N–H and O–H groups in total. The fourth-order valence-electron chi connectivity index (χ4n) is 7.98. The molecule has 0 aliphatic carbocycles. The number of para-hydroxylation sites is 1. The number of phenolic OH excluding ortho intramolecular Hbond substituents is 1. The molecule has 0 saturated carbocycles. The molecule has 6 aromatic carbocycles. The maximum absolute atomic E-state index is 12.1. The molecule has 0 bridgehead atoms. The van der Waals surface area contributed by atoms with Crippen molar-refractivity contribution in [1.29, 1.82) is 0 Å². The Labute approximate surface area is 403 Å². The van der Waals surface area contributed by atoms with Crippen LogP contribution in [-0.4, -0.2) is 19.6 Å². The van der Waals surface area contributed by atoms with Crippen LogP contribution >= 0.6 is 0 Å². The number of hydrogen-bond donors (Lipinski definition) is 1. The van der Waals surface area contributed by atoms with Crippen molar-refractivity contribution in [3.63, 3.8) is 0 Å². The molecule has 0 unspecified atom stereocenters. The first-order chi connectivity index (χ1) is 33.3. The van der Waals surface area contributed by atoms with Crippen LogP contribution in [0.1, 0.15) is 123 Å². The average molecular weight is 1020 g/mol. The number of aryl methyl sites for hydroxylation is 1. The largest absolute Gasteiger partial charge is 0.507 e.